The summed E-state index contributed by atoms with van der Waals surface area (Å²) < 4.78 is 16.0. The van der Waals surface area contributed by atoms with Crippen molar-refractivity contribution in [2.45, 2.75) is 51.6 Å². The SMILES string of the molecule is Cc1cc(C#CC#CC(C)(C)O)cc(C(=O)NC(c2cc3ccccc3[nH]2)c2ncn3c2C[C@@H](F)C3)n1. The number of aromatic amines is 1. The number of fused-ring (bicyclic) bond motifs is 2. The molecule has 0 bridgehead atoms. The van der Waals surface area contributed by atoms with Crippen molar-refractivity contribution in [1.29, 1.82) is 0 Å². The van der Waals surface area contributed by atoms with Gasteiger partial charge in [-0.2, -0.15) is 0 Å². The minimum atomic E-state index is -1.14. The fraction of sp³-hybridized carbons (Fsp3) is 0.276. The molecule has 0 saturated heterocycles. The van der Waals surface area contributed by atoms with Crippen LogP contribution in [0.1, 0.15) is 58.7 Å². The predicted molar refractivity (Wildman–Crippen MR) is 138 cm³/mol. The topological polar surface area (TPSA) is 95.8 Å². The maximum Gasteiger partial charge on any atom is 0.270 e. The minimum absolute atomic E-state index is 0.195. The summed E-state index contributed by atoms with van der Waals surface area (Å²) in [7, 11) is 0. The van der Waals surface area contributed by atoms with Crippen molar-refractivity contribution in [2.24, 2.45) is 0 Å². The summed E-state index contributed by atoms with van der Waals surface area (Å²) in [4.78, 5) is 25.8. The van der Waals surface area contributed by atoms with E-state index in [0.29, 0.717) is 17.0 Å². The van der Waals surface area contributed by atoms with Crippen molar-refractivity contribution >= 4 is 16.8 Å². The van der Waals surface area contributed by atoms with Crippen LogP contribution < -0.4 is 5.32 Å². The van der Waals surface area contributed by atoms with Crippen LogP contribution in [-0.2, 0) is 13.0 Å². The Labute approximate surface area is 214 Å². The number of H-pyrrole nitrogens is 1. The fourth-order valence-corrected chi connectivity index (χ4v) is 4.43. The van der Waals surface area contributed by atoms with E-state index >= 15 is 0 Å². The number of aliphatic hydroxyl groups is 1. The summed E-state index contributed by atoms with van der Waals surface area (Å²) in [6.07, 6.45) is 0.894. The zero-order valence-corrected chi connectivity index (χ0v) is 20.8. The number of amides is 1. The molecule has 4 aromatic rings. The van der Waals surface area contributed by atoms with Crippen molar-refractivity contribution in [2.75, 3.05) is 0 Å². The number of alkyl halides is 1. The average Bonchev–Trinajstić information content (AvgIpc) is 3.53. The van der Waals surface area contributed by atoms with Gasteiger partial charge in [-0.1, -0.05) is 30.0 Å². The van der Waals surface area contributed by atoms with Gasteiger partial charge in [-0.05, 0) is 62.3 Å². The van der Waals surface area contributed by atoms with Crippen LogP contribution in [0.25, 0.3) is 10.9 Å². The Kier molecular flexibility index (Phi) is 6.29. The molecule has 3 aromatic heterocycles. The lowest BCUT2D eigenvalue weighted by atomic mass is 10.1. The molecule has 3 N–H and O–H groups in total. The largest absolute Gasteiger partial charge is 0.378 e. The average molecular weight is 496 g/mol. The summed E-state index contributed by atoms with van der Waals surface area (Å²) >= 11 is 0. The van der Waals surface area contributed by atoms with Gasteiger partial charge >= 0.3 is 0 Å². The first-order valence-electron chi connectivity index (χ1n) is 12.0. The second-order valence-electron chi connectivity index (χ2n) is 9.69. The summed E-state index contributed by atoms with van der Waals surface area (Å²) in [5.41, 5.74) is 3.30. The molecule has 0 spiro atoms. The third-order valence-electron chi connectivity index (χ3n) is 6.02. The highest BCUT2D eigenvalue weighted by Gasteiger charge is 2.31. The summed E-state index contributed by atoms with van der Waals surface area (Å²) in [6, 6.07) is 12.5. The molecular weight excluding hydrogens is 469 g/mol. The molecule has 4 heterocycles. The number of carbonyl (C=O) groups is 1. The molecular formula is C29H26FN5O2. The Morgan fingerprint density at radius 1 is 1.27 bits per heavy atom. The number of para-hydroxylation sites is 1. The number of carbonyl (C=O) groups excluding carboxylic acids is 1. The molecule has 0 fully saturated rings. The molecule has 0 radical (unpaired) electrons. The first-order valence-corrected chi connectivity index (χ1v) is 12.0. The fourth-order valence-electron chi connectivity index (χ4n) is 4.43. The van der Waals surface area contributed by atoms with Crippen LogP contribution in [0.4, 0.5) is 4.39 Å². The zero-order chi connectivity index (χ0) is 26.2. The zero-order valence-electron chi connectivity index (χ0n) is 20.8. The molecule has 0 aliphatic carbocycles. The van der Waals surface area contributed by atoms with E-state index in [2.05, 4.69) is 44.0 Å². The number of aryl methyl sites for hydroxylation is 1. The van der Waals surface area contributed by atoms with Gasteiger partial charge in [-0.15, -0.1) is 0 Å². The Morgan fingerprint density at radius 3 is 2.86 bits per heavy atom. The summed E-state index contributed by atoms with van der Waals surface area (Å²) in [6.45, 7) is 5.19. The molecule has 1 aliphatic heterocycles. The Morgan fingerprint density at radius 2 is 2.08 bits per heavy atom. The Balaban J connectivity index is 1.49. The lowest BCUT2D eigenvalue weighted by Crippen LogP contribution is -2.31. The maximum absolute atomic E-state index is 14.2. The first-order chi connectivity index (χ1) is 17.7. The molecule has 2 atom stereocenters. The summed E-state index contributed by atoms with van der Waals surface area (Å²) in [5, 5.41) is 13.8. The number of nitrogens with zero attached hydrogens (tertiary/aromatic N) is 3. The van der Waals surface area contributed by atoms with Crippen molar-refractivity contribution in [3.63, 3.8) is 0 Å². The van der Waals surface area contributed by atoms with Gasteiger partial charge in [-0.25, -0.2) is 14.4 Å². The smallest absolute Gasteiger partial charge is 0.270 e. The molecule has 186 valence electrons. The maximum atomic E-state index is 14.2. The number of benzene rings is 1. The van der Waals surface area contributed by atoms with Crippen molar-refractivity contribution < 1.29 is 14.3 Å². The van der Waals surface area contributed by atoms with Gasteiger partial charge in [0.15, 0.2) is 0 Å². The van der Waals surface area contributed by atoms with Crippen molar-refractivity contribution in [3.05, 3.63) is 82.8 Å². The van der Waals surface area contributed by atoms with Crippen LogP contribution in [0.5, 0.6) is 0 Å². The monoisotopic (exact) mass is 495 g/mol. The Hall–Kier alpha value is -4.40. The molecule has 7 nitrogen and oxygen atoms in total. The molecule has 1 aliphatic rings. The Bertz CT molecular complexity index is 1590. The second kappa shape index (κ2) is 9.57. The number of imidazole rings is 1. The van der Waals surface area contributed by atoms with Gasteiger partial charge < -0.3 is 20.0 Å². The molecule has 37 heavy (non-hydrogen) atoms. The number of hydrogen-bond acceptors (Lipinski definition) is 4. The standard InChI is InChI=1S/C29H26FN5O2/c1-18-12-19(8-6-7-11-29(2,3)37)13-24(32-18)28(36)34-26(23-14-20-9-4-5-10-22(20)33-23)27-25-15-21(30)16-35(25)17-31-27/h4-5,9-10,12-14,17,21,26,33,37H,15-16H2,1-3H3,(H,34,36)/t21-,26?/m1/s1. The molecule has 1 amide bonds. The van der Waals surface area contributed by atoms with Crippen LogP contribution in [0, 0.1) is 30.6 Å². The van der Waals surface area contributed by atoms with Crippen LogP contribution in [0.2, 0.25) is 0 Å². The first kappa shape index (κ1) is 24.3. The highest BCUT2D eigenvalue weighted by molar-refractivity contribution is 5.93. The molecule has 1 aromatic carbocycles. The van der Waals surface area contributed by atoms with Gasteiger partial charge in [0.2, 0.25) is 0 Å². The van der Waals surface area contributed by atoms with Crippen molar-refractivity contribution in [3.8, 4) is 23.7 Å². The highest BCUT2D eigenvalue weighted by atomic mass is 19.1. The molecule has 1 unspecified atom stereocenters. The molecule has 5 rings (SSSR count). The highest BCUT2D eigenvalue weighted by Crippen LogP contribution is 2.30. The predicted octanol–water partition coefficient (Wildman–Crippen LogP) is 3.61. The van der Waals surface area contributed by atoms with Crippen LogP contribution in [-0.4, -0.2) is 42.3 Å². The second-order valence-corrected chi connectivity index (χ2v) is 9.69. The van der Waals surface area contributed by atoms with E-state index in [4.69, 9.17) is 0 Å². The van der Waals surface area contributed by atoms with E-state index < -0.39 is 23.7 Å². The van der Waals surface area contributed by atoms with E-state index in [1.165, 1.54) is 0 Å². The third kappa shape index (κ3) is 5.40. The number of hydrogen-bond donors (Lipinski definition) is 3. The van der Waals surface area contributed by atoms with E-state index in [9.17, 15) is 14.3 Å². The van der Waals surface area contributed by atoms with Crippen molar-refractivity contribution in [1.82, 2.24) is 24.8 Å². The molecule has 0 saturated carbocycles. The van der Waals surface area contributed by atoms with Gasteiger partial charge in [0.1, 0.15) is 23.5 Å². The quantitative estimate of drug-likeness (QED) is 0.377. The number of halogens is 1. The van der Waals surface area contributed by atoms with Crippen LogP contribution in [0.15, 0.2) is 48.8 Å². The van der Waals surface area contributed by atoms with E-state index in [0.717, 1.165) is 22.3 Å². The van der Waals surface area contributed by atoms with E-state index in [1.807, 2.05) is 30.3 Å². The van der Waals surface area contributed by atoms with Gasteiger partial charge in [-0.3, -0.25) is 4.79 Å². The van der Waals surface area contributed by atoms with Crippen LogP contribution in [0.3, 0.4) is 0 Å². The number of pyridine rings is 1. The van der Waals surface area contributed by atoms with E-state index in [1.54, 1.807) is 43.8 Å². The van der Waals surface area contributed by atoms with Gasteiger partial charge in [0.25, 0.3) is 5.91 Å². The minimum Gasteiger partial charge on any atom is -0.378 e. The lowest BCUT2D eigenvalue weighted by Gasteiger charge is -2.17. The number of aromatic nitrogens is 4. The third-order valence-corrected chi connectivity index (χ3v) is 6.02. The normalized spacial score (nSPS) is 15.3. The summed E-state index contributed by atoms with van der Waals surface area (Å²) in [5.74, 6) is 10.5. The number of nitrogens with one attached hydrogen (secondary N) is 2. The van der Waals surface area contributed by atoms with E-state index in [-0.39, 0.29) is 18.7 Å². The van der Waals surface area contributed by atoms with Gasteiger partial charge in [0, 0.05) is 34.6 Å². The number of rotatable bonds is 4. The van der Waals surface area contributed by atoms with Crippen LogP contribution >= 0.6 is 0 Å². The molecule has 8 heteroatoms. The van der Waals surface area contributed by atoms with Gasteiger partial charge in [0.05, 0.1) is 18.6 Å². The lowest BCUT2D eigenvalue weighted by molar-refractivity contribution is 0.0936.